The van der Waals surface area contributed by atoms with Crippen LogP contribution in [0.3, 0.4) is 0 Å². The summed E-state index contributed by atoms with van der Waals surface area (Å²) in [6.45, 7) is 0.399. The van der Waals surface area contributed by atoms with Gasteiger partial charge in [-0.25, -0.2) is 0 Å². The number of benzene rings is 2. The van der Waals surface area contributed by atoms with Crippen molar-refractivity contribution in [3.8, 4) is 0 Å². The van der Waals surface area contributed by atoms with E-state index in [2.05, 4.69) is 26.0 Å². The number of nitrogens with one attached hydrogen (secondary N) is 2. The Balaban J connectivity index is 1.98. The fraction of sp³-hybridized carbons (Fsp3) is 0.133. The van der Waals surface area contributed by atoms with E-state index in [1.54, 1.807) is 12.1 Å². The van der Waals surface area contributed by atoms with Gasteiger partial charge in [0.05, 0.1) is 0 Å². The minimum Gasteiger partial charge on any atom is -0.348 e. The van der Waals surface area contributed by atoms with E-state index in [-0.39, 0.29) is 5.91 Å². The third kappa shape index (κ3) is 4.66. The van der Waals surface area contributed by atoms with Gasteiger partial charge in [-0.05, 0) is 42.0 Å². The molecule has 21 heavy (non-hydrogen) atoms. The van der Waals surface area contributed by atoms with Crippen LogP contribution in [0.25, 0.3) is 0 Å². The summed E-state index contributed by atoms with van der Waals surface area (Å²) in [5, 5.41) is 3.49. The van der Waals surface area contributed by atoms with Crippen molar-refractivity contribution in [1.82, 2.24) is 5.32 Å². The fourth-order valence-corrected chi connectivity index (χ4v) is 2.86. The molecule has 2 rings (SSSR count). The minimum absolute atomic E-state index is 0.121. The van der Waals surface area contributed by atoms with Gasteiger partial charge in [0.25, 0.3) is 5.91 Å². The second-order valence-corrected chi connectivity index (χ2v) is 6.24. The summed E-state index contributed by atoms with van der Waals surface area (Å²) in [6.07, 6.45) is 1.95. The van der Waals surface area contributed by atoms with E-state index in [9.17, 15) is 4.79 Å². The van der Waals surface area contributed by atoms with Crippen LogP contribution in [-0.4, -0.2) is 12.2 Å². The minimum atomic E-state index is -0.121. The molecule has 2 aromatic carbocycles. The first-order chi connectivity index (χ1) is 10.1. The van der Waals surface area contributed by atoms with Crippen LogP contribution in [0.15, 0.2) is 46.9 Å². The summed E-state index contributed by atoms with van der Waals surface area (Å²) in [7, 11) is 0. The molecule has 0 radical (unpaired) electrons. The molecule has 2 N–H and O–H groups in total. The predicted octanol–water partition coefficient (Wildman–Crippen LogP) is 4.72. The van der Waals surface area contributed by atoms with Crippen LogP contribution < -0.4 is 10.0 Å². The molecule has 0 spiro atoms. The lowest BCUT2D eigenvalue weighted by atomic mass is 10.2. The first kappa shape index (κ1) is 16.2. The van der Waals surface area contributed by atoms with Gasteiger partial charge in [-0.1, -0.05) is 45.5 Å². The Morgan fingerprint density at radius 2 is 1.95 bits per heavy atom. The highest BCUT2D eigenvalue weighted by Gasteiger charge is 2.07. The maximum absolute atomic E-state index is 12.1. The number of hydrogen-bond acceptors (Lipinski definition) is 3. The molecule has 3 nitrogen and oxygen atoms in total. The van der Waals surface area contributed by atoms with E-state index in [1.165, 1.54) is 11.9 Å². The lowest BCUT2D eigenvalue weighted by molar-refractivity contribution is 0.0951. The van der Waals surface area contributed by atoms with Crippen LogP contribution in [0.1, 0.15) is 15.9 Å². The van der Waals surface area contributed by atoms with E-state index in [4.69, 9.17) is 11.6 Å². The molecule has 0 unspecified atom stereocenters. The van der Waals surface area contributed by atoms with E-state index < -0.39 is 0 Å². The van der Waals surface area contributed by atoms with Gasteiger partial charge in [0.15, 0.2) is 0 Å². The van der Waals surface area contributed by atoms with E-state index >= 15 is 0 Å². The monoisotopic (exact) mass is 384 g/mol. The summed E-state index contributed by atoms with van der Waals surface area (Å²) >= 11 is 11.0. The van der Waals surface area contributed by atoms with Crippen LogP contribution >= 0.6 is 39.5 Å². The van der Waals surface area contributed by atoms with Gasteiger partial charge < -0.3 is 10.0 Å². The predicted molar refractivity (Wildman–Crippen MR) is 93.9 cm³/mol. The zero-order chi connectivity index (χ0) is 15.2. The maximum atomic E-state index is 12.1. The largest absolute Gasteiger partial charge is 0.348 e. The van der Waals surface area contributed by atoms with Gasteiger partial charge >= 0.3 is 0 Å². The number of halogens is 2. The Morgan fingerprint density at radius 1 is 1.24 bits per heavy atom. The molecule has 110 valence electrons. The number of hydrogen-bond donors (Lipinski definition) is 2. The van der Waals surface area contributed by atoms with Crippen LogP contribution in [0, 0.1) is 0 Å². The van der Waals surface area contributed by atoms with E-state index in [0.29, 0.717) is 17.1 Å². The van der Waals surface area contributed by atoms with E-state index in [0.717, 1.165) is 15.7 Å². The van der Waals surface area contributed by atoms with Crippen LogP contribution in [0.4, 0.5) is 5.69 Å². The third-order valence-electron chi connectivity index (χ3n) is 2.82. The Morgan fingerprint density at radius 3 is 2.57 bits per heavy atom. The maximum Gasteiger partial charge on any atom is 0.251 e. The second-order valence-electron chi connectivity index (χ2n) is 4.30. The lowest BCUT2D eigenvalue weighted by Crippen LogP contribution is -2.22. The summed E-state index contributed by atoms with van der Waals surface area (Å²) in [5.74, 6) is -0.121. The summed E-state index contributed by atoms with van der Waals surface area (Å²) < 4.78 is 4.02. The molecule has 0 aromatic heterocycles. The molecule has 0 aliphatic rings. The molecule has 0 fully saturated rings. The SMILES string of the molecule is CSNc1ccc(C(=O)NCc2ccc(Br)cc2Cl)cc1. The molecular formula is C15H14BrClN2OS. The summed E-state index contributed by atoms with van der Waals surface area (Å²) in [6, 6.07) is 12.9. The van der Waals surface area contributed by atoms with Crippen molar-refractivity contribution in [3.05, 3.63) is 63.1 Å². The fourth-order valence-electron chi connectivity index (χ4n) is 1.75. The Bertz CT molecular complexity index is 634. The smallest absolute Gasteiger partial charge is 0.251 e. The molecule has 0 saturated heterocycles. The molecule has 1 amide bonds. The summed E-state index contributed by atoms with van der Waals surface area (Å²) in [4.78, 5) is 12.1. The van der Waals surface area contributed by atoms with Crippen LogP contribution in [0.2, 0.25) is 5.02 Å². The number of carbonyl (C=O) groups excluding carboxylic acids is 1. The van der Waals surface area contributed by atoms with Crippen molar-refractivity contribution >= 4 is 51.1 Å². The van der Waals surface area contributed by atoms with Gasteiger partial charge in [-0.15, -0.1) is 0 Å². The molecule has 0 atom stereocenters. The van der Waals surface area contributed by atoms with Crippen molar-refractivity contribution in [2.45, 2.75) is 6.54 Å². The quantitative estimate of drug-likeness (QED) is 0.732. The molecule has 2 aromatic rings. The average molecular weight is 386 g/mol. The number of amides is 1. The zero-order valence-electron chi connectivity index (χ0n) is 11.3. The van der Waals surface area contributed by atoms with E-state index in [1.807, 2.05) is 36.6 Å². The molecule has 0 heterocycles. The van der Waals surface area contributed by atoms with Crippen molar-refractivity contribution < 1.29 is 4.79 Å². The van der Waals surface area contributed by atoms with Gasteiger partial charge in [-0.2, -0.15) is 0 Å². The molecular weight excluding hydrogens is 372 g/mol. The topological polar surface area (TPSA) is 41.1 Å². The number of carbonyl (C=O) groups is 1. The number of anilines is 1. The molecule has 0 aliphatic heterocycles. The van der Waals surface area contributed by atoms with Crippen molar-refractivity contribution in [1.29, 1.82) is 0 Å². The highest BCUT2D eigenvalue weighted by Crippen LogP contribution is 2.21. The Labute approximate surface area is 141 Å². The normalized spacial score (nSPS) is 10.2. The summed E-state index contributed by atoms with van der Waals surface area (Å²) in [5.41, 5.74) is 2.47. The van der Waals surface area contributed by atoms with Crippen molar-refractivity contribution in [2.75, 3.05) is 11.0 Å². The second kappa shape index (κ2) is 7.73. The third-order valence-corrected chi connectivity index (χ3v) is 4.11. The Hall–Kier alpha value is -1.17. The first-order valence-electron chi connectivity index (χ1n) is 6.21. The van der Waals surface area contributed by atoms with Crippen LogP contribution in [-0.2, 0) is 6.54 Å². The van der Waals surface area contributed by atoms with Gasteiger partial charge in [0.1, 0.15) is 0 Å². The zero-order valence-corrected chi connectivity index (χ0v) is 14.5. The molecule has 6 heteroatoms. The first-order valence-corrected chi connectivity index (χ1v) is 8.61. The van der Waals surface area contributed by atoms with Gasteiger partial charge in [0, 0.05) is 33.5 Å². The molecule has 0 bridgehead atoms. The van der Waals surface area contributed by atoms with Crippen molar-refractivity contribution in [2.24, 2.45) is 0 Å². The Kier molecular flexibility index (Phi) is 5.96. The average Bonchev–Trinajstić information content (AvgIpc) is 2.47. The highest BCUT2D eigenvalue weighted by atomic mass is 79.9. The van der Waals surface area contributed by atoms with Crippen molar-refractivity contribution in [3.63, 3.8) is 0 Å². The molecule has 0 saturated carbocycles. The molecule has 0 aliphatic carbocycles. The number of rotatable bonds is 5. The standard InChI is InChI=1S/C15H14BrClN2OS/c1-21-19-13-6-3-10(4-7-13)15(20)18-9-11-2-5-12(16)8-14(11)17/h2-8,19H,9H2,1H3,(H,18,20). The van der Waals surface area contributed by atoms with Crippen LogP contribution in [0.5, 0.6) is 0 Å². The van der Waals surface area contributed by atoms with Gasteiger partial charge in [-0.3, -0.25) is 4.79 Å². The lowest BCUT2D eigenvalue weighted by Gasteiger charge is -2.08. The highest BCUT2D eigenvalue weighted by molar-refractivity contribution is 9.10. The van der Waals surface area contributed by atoms with Gasteiger partial charge in [0.2, 0.25) is 0 Å².